The second kappa shape index (κ2) is 12.9. The molecule has 0 aromatic carbocycles. The lowest BCUT2D eigenvalue weighted by atomic mass is 9.33. The summed E-state index contributed by atoms with van der Waals surface area (Å²) >= 11 is 0. The molecule has 8 heteroatoms. The number of hydrogen-bond acceptors (Lipinski definition) is 7. The maximum Gasteiger partial charge on any atom is 0.152 e. The van der Waals surface area contributed by atoms with Crippen LogP contribution in [0.1, 0.15) is 111 Å². The minimum Gasteiger partial charge on any atom is -0.351 e. The van der Waals surface area contributed by atoms with Gasteiger partial charge in [-0.1, -0.05) is 32.9 Å². The predicted octanol–water partition coefficient (Wildman–Crippen LogP) is 7.49. The standard InChI is InChI=1S/C42H65N5O2S/c1-30(2)32-13-16-42(29-44-20-8-21-46-23-25-50(48,49)26-24-46)18-17-40(6)33(37(32)42)10-11-35-39(5)19-22-47(36-12-9-31(27-43)28-45-36)38(3,4)34(39)14-15-41(35,40)7/h9,12,28,32-35,37,44H,1,8,10-11,13-26,29H2,2-7H3/t32-,33+,34-,35+,37+,39-,40+,41+,42+/m0/s1. The Bertz CT molecular complexity index is 1590. The van der Waals surface area contributed by atoms with Crippen molar-refractivity contribution in [3.8, 4) is 6.07 Å². The van der Waals surface area contributed by atoms with E-state index in [0.717, 1.165) is 50.3 Å². The van der Waals surface area contributed by atoms with Gasteiger partial charge in [-0.25, -0.2) is 13.4 Å². The molecule has 7 nitrogen and oxygen atoms in total. The highest BCUT2D eigenvalue weighted by Gasteiger charge is 2.70. The van der Waals surface area contributed by atoms with Crippen LogP contribution in [0.5, 0.6) is 0 Å². The van der Waals surface area contributed by atoms with E-state index in [4.69, 9.17) is 4.98 Å². The molecule has 4 saturated carbocycles. The summed E-state index contributed by atoms with van der Waals surface area (Å²) in [5.74, 6) is 5.08. The van der Waals surface area contributed by atoms with Crippen LogP contribution in [-0.4, -0.2) is 74.6 Å². The minimum atomic E-state index is -2.82. The summed E-state index contributed by atoms with van der Waals surface area (Å²) in [5, 5.41) is 13.3. The first-order chi connectivity index (χ1) is 23.6. The zero-order valence-electron chi connectivity index (χ0n) is 32.1. The molecule has 7 rings (SSSR count). The number of allylic oxidation sites excluding steroid dienone is 1. The monoisotopic (exact) mass is 703 g/mol. The van der Waals surface area contributed by atoms with Gasteiger partial charge in [-0.3, -0.25) is 0 Å². The molecule has 9 atom stereocenters. The molecule has 3 heterocycles. The van der Waals surface area contributed by atoms with E-state index in [-0.39, 0.29) is 5.54 Å². The number of hydrogen-bond donors (Lipinski definition) is 1. The Morgan fingerprint density at radius 2 is 1.72 bits per heavy atom. The second-order valence-electron chi connectivity index (χ2n) is 19.1. The molecular weight excluding hydrogens is 639 g/mol. The van der Waals surface area contributed by atoms with Crippen LogP contribution in [0.3, 0.4) is 0 Å². The third kappa shape index (κ3) is 5.70. The molecule has 0 unspecified atom stereocenters. The molecule has 50 heavy (non-hydrogen) atoms. The average Bonchev–Trinajstić information content (AvgIpc) is 3.46. The van der Waals surface area contributed by atoms with Crippen LogP contribution in [0.2, 0.25) is 0 Å². The van der Waals surface area contributed by atoms with Crippen LogP contribution < -0.4 is 10.2 Å². The van der Waals surface area contributed by atoms with Crippen molar-refractivity contribution in [1.82, 2.24) is 15.2 Å². The Kier molecular flexibility index (Phi) is 9.37. The first kappa shape index (κ1) is 36.4. The Hall–Kier alpha value is -1.95. The molecule has 0 amide bonds. The SMILES string of the molecule is C=C(C)[C@@H]1CC[C@]2(CNCCCN3CCS(=O)(=O)CC3)CC[C@]3(C)[C@H](CC[C@@H]4[C@@]5(C)CCN(c6ccc(C#N)cn6)C(C)(C)[C@@H]5CC[C@]43C)[C@@H]12. The normalized spacial score (nSPS) is 42.0. The number of pyridine rings is 1. The van der Waals surface area contributed by atoms with Crippen LogP contribution in [0.15, 0.2) is 30.5 Å². The topological polar surface area (TPSA) is 89.3 Å². The maximum atomic E-state index is 11.9. The van der Waals surface area contributed by atoms with E-state index < -0.39 is 9.84 Å². The van der Waals surface area contributed by atoms with Gasteiger partial charge in [0, 0.05) is 37.9 Å². The number of fused-ring (bicyclic) bond motifs is 7. The van der Waals surface area contributed by atoms with Crippen molar-refractivity contribution in [2.45, 2.75) is 111 Å². The third-order valence-corrected chi connectivity index (χ3v) is 18.4. The number of piperidine rings is 1. The summed E-state index contributed by atoms with van der Waals surface area (Å²) < 4.78 is 23.7. The minimum absolute atomic E-state index is 0.00281. The van der Waals surface area contributed by atoms with Crippen molar-refractivity contribution >= 4 is 15.7 Å². The number of sulfone groups is 1. The molecule has 4 aliphatic carbocycles. The largest absolute Gasteiger partial charge is 0.351 e. The summed E-state index contributed by atoms with van der Waals surface area (Å²) in [6.07, 6.45) is 14.6. The van der Waals surface area contributed by atoms with E-state index in [0.29, 0.717) is 69.6 Å². The molecule has 0 bridgehead atoms. The summed E-state index contributed by atoms with van der Waals surface area (Å²) in [4.78, 5) is 9.67. The zero-order chi connectivity index (χ0) is 35.7. The fourth-order valence-corrected chi connectivity index (χ4v) is 15.3. The molecule has 2 aliphatic heterocycles. The summed E-state index contributed by atoms with van der Waals surface area (Å²) in [5.41, 5.74) is 3.36. The molecule has 1 aromatic rings. The first-order valence-electron chi connectivity index (χ1n) is 20.0. The van der Waals surface area contributed by atoms with Crippen LogP contribution in [0.4, 0.5) is 5.82 Å². The van der Waals surface area contributed by atoms with Crippen LogP contribution in [0.25, 0.3) is 0 Å². The Balaban J connectivity index is 1.08. The molecular formula is C42H65N5O2S. The molecule has 276 valence electrons. The third-order valence-electron chi connectivity index (χ3n) is 16.8. The van der Waals surface area contributed by atoms with Gasteiger partial charge in [-0.15, -0.1) is 0 Å². The smallest absolute Gasteiger partial charge is 0.152 e. The number of nitriles is 1. The second-order valence-corrected chi connectivity index (χ2v) is 21.4. The van der Waals surface area contributed by atoms with E-state index in [2.05, 4.69) is 75.4 Å². The van der Waals surface area contributed by atoms with E-state index in [9.17, 15) is 13.7 Å². The van der Waals surface area contributed by atoms with Gasteiger partial charge in [0.05, 0.1) is 17.1 Å². The fourth-order valence-electron chi connectivity index (χ4n) is 14.1. The van der Waals surface area contributed by atoms with Gasteiger partial charge in [0.25, 0.3) is 0 Å². The van der Waals surface area contributed by atoms with E-state index in [1.165, 1.54) is 63.4 Å². The predicted molar refractivity (Wildman–Crippen MR) is 204 cm³/mol. The lowest BCUT2D eigenvalue weighted by Gasteiger charge is -2.73. The molecule has 1 aromatic heterocycles. The quantitative estimate of drug-likeness (QED) is 0.222. The molecule has 6 fully saturated rings. The van der Waals surface area contributed by atoms with Crippen LogP contribution in [-0.2, 0) is 9.84 Å². The molecule has 6 aliphatic rings. The lowest BCUT2D eigenvalue weighted by molar-refractivity contribution is -0.227. The Morgan fingerprint density at radius 3 is 2.40 bits per heavy atom. The number of anilines is 1. The summed E-state index contributed by atoms with van der Waals surface area (Å²) in [6, 6.07) is 6.23. The molecule has 0 spiro atoms. The average molecular weight is 704 g/mol. The number of rotatable bonds is 8. The van der Waals surface area contributed by atoms with Crippen molar-refractivity contribution in [2.24, 2.45) is 51.2 Å². The molecule has 1 N–H and O–H groups in total. The van der Waals surface area contributed by atoms with Gasteiger partial charge >= 0.3 is 0 Å². The van der Waals surface area contributed by atoms with Gasteiger partial charge in [-0.05, 0) is 161 Å². The van der Waals surface area contributed by atoms with Crippen LogP contribution in [0, 0.1) is 62.6 Å². The van der Waals surface area contributed by atoms with Crippen LogP contribution >= 0.6 is 0 Å². The molecule has 0 radical (unpaired) electrons. The van der Waals surface area contributed by atoms with Gasteiger partial charge in [0.1, 0.15) is 11.9 Å². The van der Waals surface area contributed by atoms with Gasteiger partial charge in [0.15, 0.2) is 9.84 Å². The van der Waals surface area contributed by atoms with Crippen molar-refractivity contribution in [2.75, 3.05) is 55.7 Å². The van der Waals surface area contributed by atoms with E-state index >= 15 is 0 Å². The highest BCUT2D eigenvalue weighted by molar-refractivity contribution is 7.91. The lowest BCUT2D eigenvalue weighted by Crippen LogP contribution is -2.70. The zero-order valence-corrected chi connectivity index (χ0v) is 32.9. The van der Waals surface area contributed by atoms with Crippen molar-refractivity contribution in [3.05, 3.63) is 36.0 Å². The summed E-state index contributed by atoms with van der Waals surface area (Å²) in [6.45, 7) is 25.6. The van der Waals surface area contributed by atoms with Gasteiger partial charge in [0.2, 0.25) is 0 Å². The Morgan fingerprint density at radius 1 is 0.960 bits per heavy atom. The fraction of sp³-hybridized carbons (Fsp3) is 0.810. The van der Waals surface area contributed by atoms with E-state index in [1.54, 1.807) is 6.20 Å². The molecule has 2 saturated heterocycles. The highest BCUT2D eigenvalue weighted by atomic mass is 32.2. The highest BCUT2D eigenvalue weighted by Crippen LogP contribution is 2.76. The van der Waals surface area contributed by atoms with Gasteiger partial charge in [-0.2, -0.15) is 5.26 Å². The number of aromatic nitrogens is 1. The Labute approximate surface area is 304 Å². The van der Waals surface area contributed by atoms with Crippen molar-refractivity contribution < 1.29 is 8.42 Å². The maximum absolute atomic E-state index is 11.9. The first-order valence-corrected chi connectivity index (χ1v) is 21.9. The summed E-state index contributed by atoms with van der Waals surface area (Å²) in [7, 11) is -2.82. The van der Waals surface area contributed by atoms with Crippen molar-refractivity contribution in [1.29, 1.82) is 5.26 Å². The van der Waals surface area contributed by atoms with E-state index in [1.807, 2.05) is 6.07 Å². The number of nitrogens with one attached hydrogen (secondary N) is 1. The van der Waals surface area contributed by atoms with Gasteiger partial charge < -0.3 is 15.1 Å². The number of nitrogens with zero attached hydrogens (tertiary/aromatic N) is 4. The van der Waals surface area contributed by atoms with Crippen molar-refractivity contribution in [3.63, 3.8) is 0 Å².